The standard InChI is InChI=1S/C25H26ClN5O4S/c1-13-6-16(17-8-22(26)28-10-20(17)35-2)18(9-27-13)23(33)30-25-29-19-11-31(12-21(19)36-25)24(34)14-4-3-5-15(32)7-14/h6,8-10,14-15,32H,3-5,7,11-12H2,1-2H3,(H,29,30,33). The zero-order valence-corrected chi connectivity index (χ0v) is 21.5. The third kappa shape index (κ3) is 4.93. The first-order chi connectivity index (χ1) is 17.3. The van der Waals surface area contributed by atoms with E-state index in [0.29, 0.717) is 47.1 Å². The number of anilines is 1. The second-order valence-corrected chi connectivity index (χ2v) is 10.6. The Hall–Kier alpha value is -3.08. The van der Waals surface area contributed by atoms with Crippen molar-refractivity contribution in [3.63, 3.8) is 0 Å². The van der Waals surface area contributed by atoms with E-state index in [1.807, 2.05) is 6.92 Å². The van der Waals surface area contributed by atoms with Crippen molar-refractivity contribution in [3.05, 3.63) is 51.5 Å². The predicted molar refractivity (Wildman–Crippen MR) is 136 cm³/mol. The Morgan fingerprint density at radius 3 is 2.78 bits per heavy atom. The van der Waals surface area contributed by atoms with E-state index < -0.39 is 6.10 Å². The molecular weight excluding hydrogens is 502 g/mol. The van der Waals surface area contributed by atoms with Crippen LogP contribution in [0.4, 0.5) is 5.13 Å². The lowest BCUT2D eigenvalue weighted by atomic mass is 9.86. The minimum absolute atomic E-state index is 0.0740. The molecule has 2 unspecified atom stereocenters. The van der Waals surface area contributed by atoms with Gasteiger partial charge in [0.2, 0.25) is 5.91 Å². The van der Waals surface area contributed by atoms with E-state index >= 15 is 0 Å². The van der Waals surface area contributed by atoms with Gasteiger partial charge in [-0.3, -0.25) is 19.9 Å². The number of nitrogens with zero attached hydrogens (tertiary/aromatic N) is 4. The van der Waals surface area contributed by atoms with E-state index in [9.17, 15) is 14.7 Å². The molecule has 2 amide bonds. The van der Waals surface area contributed by atoms with E-state index in [2.05, 4.69) is 20.3 Å². The van der Waals surface area contributed by atoms with Crippen molar-refractivity contribution in [2.45, 2.75) is 51.8 Å². The second-order valence-electron chi connectivity index (χ2n) is 9.13. The van der Waals surface area contributed by atoms with Crippen molar-refractivity contribution in [2.24, 2.45) is 5.92 Å². The number of aliphatic hydroxyl groups excluding tert-OH is 1. The molecule has 9 nitrogen and oxygen atoms in total. The molecule has 1 fully saturated rings. The number of fused-ring (bicyclic) bond motifs is 1. The van der Waals surface area contributed by atoms with Gasteiger partial charge in [-0.1, -0.05) is 29.4 Å². The van der Waals surface area contributed by atoms with Crippen LogP contribution in [0.3, 0.4) is 0 Å². The van der Waals surface area contributed by atoms with E-state index in [-0.39, 0.29) is 22.9 Å². The fourth-order valence-corrected chi connectivity index (χ4v) is 5.95. The number of hydrogen-bond donors (Lipinski definition) is 2. The van der Waals surface area contributed by atoms with Crippen LogP contribution in [-0.2, 0) is 17.9 Å². The summed E-state index contributed by atoms with van der Waals surface area (Å²) in [5.41, 5.74) is 3.14. The van der Waals surface area contributed by atoms with Gasteiger partial charge >= 0.3 is 0 Å². The van der Waals surface area contributed by atoms with E-state index in [4.69, 9.17) is 16.3 Å². The first-order valence-electron chi connectivity index (χ1n) is 11.8. The second kappa shape index (κ2) is 10.1. The maximum Gasteiger partial charge on any atom is 0.259 e. The number of halogens is 1. The van der Waals surface area contributed by atoms with Gasteiger partial charge in [-0.15, -0.1) is 0 Å². The Labute approximate surface area is 217 Å². The summed E-state index contributed by atoms with van der Waals surface area (Å²) in [4.78, 5) is 41.9. The van der Waals surface area contributed by atoms with Gasteiger partial charge in [0.15, 0.2) is 5.13 Å². The molecule has 3 aromatic heterocycles. The highest BCUT2D eigenvalue weighted by Crippen LogP contribution is 2.36. The SMILES string of the molecule is COc1cnc(Cl)cc1-c1cc(C)ncc1C(=O)Nc1nc2c(s1)CN(C(=O)C1CCCC(O)C1)C2. The number of carbonyl (C=O) groups is 2. The topological polar surface area (TPSA) is 118 Å². The van der Waals surface area contributed by atoms with Gasteiger partial charge in [0.25, 0.3) is 5.91 Å². The molecule has 0 saturated heterocycles. The lowest BCUT2D eigenvalue weighted by Gasteiger charge is -2.28. The summed E-state index contributed by atoms with van der Waals surface area (Å²) in [6.45, 7) is 2.72. The molecule has 2 N–H and O–H groups in total. The molecule has 0 radical (unpaired) electrons. The van der Waals surface area contributed by atoms with Crippen LogP contribution in [0, 0.1) is 12.8 Å². The summed E-state index contributed by atoms with van der Waals surface area (Å²) in [6, 6.07) is 3.46. The lowest BCUT2D eigenvalue weighted by Crippen LogP contribution is -2.36. The summed E-state index contributed by atoms with van der Waals surface area (Å²) >= 11 is 7.49. The number of pyridine rings is 2. The fraction of sp³-hybridized carbons (Fsp3) is 0.400. The number of aromatic nitrogens is 3. The van der Waals surface area contributed by atoms with E-state index in [1.165, 1.54) is 30.8 Å². The molecule has 3 aromatic rings. The molecule has 1 saturated carbocycles. The normalized spacial score (nSPS) is 19.2. The third-order valence-corrected chi connectivity index (χ3v) is 7.82. The number of methoxy groups -OCH3 is 1. The number of carbonyl (C=O) groups excluding carboxylic acids is 2. The molecular formula is C25H26ClN5O4S. The highest BCUT2D eigenvalue weighted by Gasteiger charge is 2.34. The first kappa shape index (κ1) is 24.6. The maximum absolute atomic E-state index is 13.3. The summed E-state index contributed by atoms with van der Waals surface area (Å²) < 4.78 is 5.44. The van der Waals surface area contributed by atoms with E-state index in [1.54, 1.807) is 17.0 Å². The number of aryl methyl sites for hydroxylation is 1. The smallest absolute Gasteiger partial charge is 0.259 e. The van der Waals surface area contributed by atoms with Crippen molar-refractivity contribution in [1.29, 1.82) is 0 Å². The molecule has 0 bridgehead atoms. The summed E-state index contributed by atoms with van der Waals surface area (Å²) in [7, 11) is 1.53. The molecule has 2 aliphatic rings. The molecule has 2 atom stereocenters. The van der Waals surface area contributed by atoms with Gasteiger partial charge in [0.1, 0.15) is 10.9 Å². The molecule has 1 aliphatic carbocycles. The van der Waals surface area contributed by atoms with Crippen LogP contribution in [0.1, 0.15) is 52.3 Å². The van der Waals surface area contributed by atoms with Crippen molar-refractivity contribution in [1.82, 2.24) is 19.9 Å². The average Bonchev–Trinajstić information content (AvgIpc) is 3.42. The molecule has 11 heteroatoms. The van der Waals surface area contributed by atoms with E-state index in [0.717, 1.165) is 35.5 Å². The third-order valence-electron chi connectivity index (χ3n) is 6.61. The molecule has 1 aliphatic heterocycles. The minimum Gasteiger partial charge on any atom is -0.494 e. The first-order valence-corrected chi connectivity index (χ1v) is 12.9. The van der Waals surface area contributed by atoms with Crippen LogP contribution in [-0.4, -0.2) is 50.0 Å². The number of ether oxygens (including phenoxy) is 1. The Balaban J connectivity index is 1.33. The lowest BCUT2D eigenvalue weighted by molar-refractivity contribution is -0.138. The summed E-state index contributed by atoms with van der Waals surface area (Å²) in [5, 5.41) is 13.6. The largest absolute Gasteiger partial charge is 0.494 e. The number of thiazole rings is 1. The van der Waals surface area contributed by atoms with Gasteiger partial charge in [-0.2, -0.15) is 0 Å². The molecule has 5 rings (SSSR count). The van der Waals surface area contributed by atoms with Gasteiger partial charge in [-0.25, -0.2) is 9.97 Å². The Morgan fingerprint density at radius 1 is 1.19 bits per heavy atom. The maximum atomic E-state index is 13.3. The molecule has 4 heterocycles. The number of amides is 2. The number of hydrogen-bond acceptors (Lipinski definition) is 8. The number of nitrogens with one attached hydrogen (secondary N) is 1. The summed E-state index contributed by atoms with van der Waals surface area (Å²) in [5.74, 6) is 0.0736. The van der Waals surface area contributed by atoms with Crippen LogP contribution in [0.25, 0.3) is 11.1 Å². The minimum atomic E-state index is -0.395. The van der Waals surface area contributed by atoms with Gasteiger partial charge in [0.05, 0.1) is 48.6 Å². The van der Waals surface area contributed by atoms with Crippen LogP contribution in [0.2, 0.25) is 5.15 Å². The van der Waals surface area contributed by atoms with Crippen molar-refractivity contribution < 1.29 is 19.4 Å². The number of rotatable bonds is 5. The Kier molecular flexibility index (Phi) is 6.92. The van der Waals surface area contributed by atoms with Crippen LogP contribution in [0.15, 0.2) is 24.5 Å². The number of aliphatic hydroxyl groups is 1. The quantitative estimate of drug-likeness (QED) is 0.477. The molecule has 188 valence electrons. The average molecular weight is 528 g/mol. The van der Waals surface area contributed by atoms with Gasteiger partial charge in [0, 0.05) is 28.9 Å². The van der Waals surface area contributed by atoms with Crippen LogP contribution in [0.5, 0.6) is 5.75 Å². The fourth-order valence-electron chi connectivity index (χ4n) is 4.81. The highest BCUT2D eigenvalue weighted by molar-refractivity contribution is 7.16. The van der Waals surface area contributed by atoms with Crippen molar-refractivity contribution in [2.75, 3.05) is 12.4 Å². The zero-order valence-electron chi connectivity index (χ0n) is 20.0. The molecule has 0 aromatic carbocycles. The van der Waals surface area contributed by atoms with Gasteiger partial charge < -0.3 is 14.7 Å². The Morgan fingerprint density at radius 2 is 2.03 bits per heavy atom. The summed E-state index contributed by atoms with van der Waals surface area (Å²) in [6.07, 6.45) is 5.62. The van der Waals surface area contributed by atoms with Crippen LogP contribution >= 0.6 is 22.9 Å². The van der Waals surface area contributed by atoms with Gasteiger partial charge in [-0.05, 0) is 38.3 Å². The molecule has 36 heavy (non-hydrogen) atoms. The monoisotopic (exact) mass is 527 g/mol. The molecule has 0 spiro atoms. The predicted octanol–water partition coefficient (Wildman–Crippen LogP) is 4.22. The Bertz CT molecular complexity index is 1310. The zero-order chi connectivity index (χ0) is 25.4. The van der Waals surface area contributed by atoms with Crippen molar-refractivity contribution in [3.8, 4) is 16.9 Å². The van der Waals surface area contributed by atoms with Crippen LogP contribution < -0.4 is 10.1 Å². The highest BCUT2D eigenvalue weighted by atomic mass is 35.5. The van der Waals surface area contributed by atoms with Crippen molar-refractivity contribution >= 4 is 39.9 Å².